The number of aromatic hydroxyl groups is 2. The van der Waals surface area contributed by atoms with Crippen molar-refractivity contribution in [2.75, 3.05) is 0 Å². The maximum absolute atomic E-state index is 11.0. The Labute approximate surface area is 225 Å². The van der Waals surface area contributed by atoms with Gasteiger partial charge in [-0.2, -0.15) is 0 Å². The van der Waals surface area contributed by atoms with Crippen LogP contribution in [0, 0.1) is 54.3 Å². The van der Waals surface area contributed by atoms with Crippen molar-refractivity contribution in [3.63, 3.8) is 0 Å². The molecule has 0 aliphatic carbocycles. The number of nitro groups is 4. The highest BCUT2D eigenvalue weighted by Crippen LogP contribution is 2.42. The summed E-state index contributed by atoms with van der Waals surface area (Å²) in [7, 11) is 0. The van der Waals surface area contributed by atoms with Crippen molar-refractivity contribution in [3.05, 3.63) is 124 Å². The zero-order chi connectivity index (χ0) is 29.7. The standard InChI is InChI=1S/2C13H10N2O5/c2*1-8-6-10(13(16)12(7-8)15(19)20)9-4-2-3-5-11(9)14(17)18/h2*2-7,16H,1H3. The molecule has 40 heavy (non-hydrogen) atoms. The third-order valence-electron chi connectivity index (χ3n) is 5.64. The van der Waals surface area contributed by atoms with Gasteiger partial charge in [-0.25, -0.2) is 0 Å². The van der Waals surface area contributed by atoms with E-state index in [1.54, 1.807) is 26.0 Å². The minimum absolute atomic E-state index is 0.0731. The van der Waals surface area contributed by atoms with Gasteiger partial charge in [0.2, 0.25) is 11.5 Å². The van der Waals surface area contributed by atoms with Crippen LogP contribution < -0.4 is 0 Å². The van der Waals surface area contributed by atoms with Gasteiger partial charge in [-0.05, 0) is 49.2 Å². The van der Waals surface area contributed by atoms with Gasteiger partial charge in [-0.1, -0.05) is 24.3 Å². The summed E-state index contributed by atoms with van der Waals surface area (Å²) >= 11 is 0. The molecule has 0 bridgehead atoms. The van der Waals surface area contributed by atoms with Gasteiger partial charge in [0.15, 0.2) is 0 Å². The van der Waals surface area contributed by atoms with E-state index in [1.807, 2.05) is 0 Å². The topological polar surface area (TPSA) is 213 Å². The van der Waals surface area contributed by atoms with E-state index in [-0.39, 0.29) is 33.6 Å². The molecule has 0 amide bonds. The van der Waals surface area contributed by atoms with Crippen molar-refractivity contribution in [2.24, 2.45) is 0 Å². The van der Waals surface area contributed by atoms with Crippen LogP contribution in [0.1, 0.15) is 11.1 Å². The largest absolute Gasteiger partial charge is 0.502 e. The third-order valence-corrected chi connectivity index (χ3v) is 5.64. The molecule has 0 spiro atoms. The average molecular weight is 548 g/mol. The van der Waals surface area contributed by atoms with Crippen molar-refractivity contribution in [1.29, 1.82) is 0 Å². The van der Waals surface area contributed by atoms with Crippen molar-refractivity contribution in [3.8, 4) is 33.8 Å². The Kier molecular flexibility index (Phi) is 8.34. The lowest BCUT2D eigenvalue weighted by Crippen LogP contribution is -1.95. The van der Waals surface area contributed by atoms with Crippen LogP contribution in [0.15, 0.2) is 72.8 Å². The van der Waals surface area contributed by atoms with Crippen molar-refractivity contribution < 1.29 is 29.9 Å². The first kappa shape index (κ1) is 28.6. The van der Waals surface area contributed by atoms with E-state index < -0.39 is 42.6 Å². The molecule has 2 N–H and O–H groups in total. The zero-order valence-electron chi connectivity index (χ0n) is 20.9. The molecule has 14 nitrogen and oxygen atoms in total. The van der Waals surface area contributed by atoms with Crippen molar-refractivity contribution in [2.45, 2.75) is 13.8 Å². The van der Waals surface area contributed by atoms with Gasteiger partial charge in [-0.15, -0.1) is 0 Å². The molecule has 0 fully saturated rings. The van der Waals surface area contributed by atoms with E-state index in [1.165, 1.54) is 60.7 Å². The SMILES string of the molecule is Cc1cc(-c2ccccc2[N+](=O)[O-])c(O)c([N+](=O)[O-])c1.Cc1cc(-c2ccccc2[N+](=O)[O-])c(O)c([N+](=O)[O-])c1. The molecule has 0 aliphatic rings. The molecule has 0 saturated heterocycles. The van der Waals surface area contributed by atoms with Crippen LogP contribution in [-0.4, -0.2) is 29.9 Å². The number of hydrogen-bond donors (Lipinski definition) is 2. The highest BCUT2D eigenvalue weighted by molar-refractivity contribution is 5.82. The second-order valence-electron chi connectivity index (χ2n) is 8.42. The molecular formula is C26H20N4O10. The number of benzene rings is 4. The molecule has 0 heterocycles. The van der Waals surface area contributed by atoms with Gasteiger partial charge < -0.3 is 10.2 Å². The van der Waals surface area contributed by atoms with E-state index in [0.717, 1.165) is 0 Å². The second-order valence-corrected chi connectivity index (χ2v) is 8.42. The van der Waals surface area contributed by atoms with E-state index in [4.69, 9.17) is 0 Å². The highest BCUT2D eigenvalue weighted by Gasteiger charge is 2.25. The summed E-state index contributed by atoms with van der Waals surface area (Å²) in [5.41, 5.74) is 0.101. The number of rotatable bonds is 6. The molecule has 0 atom stereocenters. The van der Waals surface area contributed by atoms with Gasteiger partial charge in [0.05, 0.1) is 30.8 Å². The molecule has 0 saturated carbocycles. The fourth-order valence-electron chi connectivity index (χ4n) is 3.93. The van der Waals surface area contributed by atoms with Gasteiger partial charge in [0.25, 0.3) is 11.4 Å². The second kappa shape index (κ2) is 11.6. The van der Waals surface area contributed by atoms with Crippen LogP contribution in [0.3, 0.4) is 0 Å². The minimum Gasteiger partial charge on any atom is -0.502 e. The highest BCUT2D eigenvalue weighted by atomic mass is 16.6. The Balaban J connectivity index is 0.000000220. The molecule has 0 unspecified atom stereocenters. The van der Waals surface area contributed by atoms with Gasteiger partial charge in [0, 0.05) is 35.4 Å². The number of phenols is 2. The molecule has 4 aromatic carbocycles. The summed E-state index contributed by atoms with van der Waals surface area (Å²) in [6.07, 6.45) is 0. The Morgan fingerprint density at radius 1 is 0.475 bits per heavy atom. The number of phenolic OH excluding ortho intramolecular Hbond substituents is 2. The minimum atomic E-state index is -0.722. The molecule has 0 aromatic heterocycles. The lowest BCUT2D eigenvalue weighted by atomic mass is 9.99. The molecular weight excluding hydrogens is 528 g/mol. The van der Waals surface area contributed by atoms with Crippen molar-refractivity contribution >= 4 is 22.7 Å². The number of nitro benzene ring substituents is 4. The maximum Gasteiger partial charge on any atom is 0.311 e. The van der Waals surface area contributed by atoms with Crippen LogP contribution in [0.25, 0.3) is 22.3 Å². The van der Waals surface area contributed by atoms with Gasteiger partial charge in [0.1, 0.15) is 0 Å². The van der Waals surface area contributed by atoms with Crippen LogP contribution in [0.2, 0.25) is 0 Å². The Bertz CT molecular complexity index is 1550. The van der Waals surface area contributed by atoms with Crippen LogP contribution in [0.5, 0.6) is 11.5 Å². The summed E-state index contributed by atoms with van der Waals surface area (Å²) in [6.45, 7) is 3.23. The van der Waals surface area contributed by atoms with E-state index in [9.17, 15) is 50.7 Å². The monoisotopic (exact) mass is 548 g/mol. The van der Waals surface area contributed by atoms with E-state index in [0.29, 0.717) is 11.1 Å². The first-order valence-corrected chi connectivity index (χ1v) is 11.3. The molecule has 0 aliphatic heterocycles. The Morgan fingerprint density at radius 2 is 0.775 bits per heavy atom. The molecule has 204 valence electrons. The lowest BCUT2D eigenvalue weighted by molar-refractivity contribution is -0.386. The summed E-state index contributed by atoms with van der Waals surface area (Å²) < 4.78 is 0. The predicted octanol–water partition coefficient (Wildman–Crippen LogP) is 6.37. The van der Waals surface area contributed by atoms with Crippen LogP contribution in [-0.2, 0) is 0 Å². The molecule has 0 radical (unpaired) electrons. The molecule has 4 rings (SSSR count). The van der Waals surface area contributed by atoms with Crippen LogP contribution in [0.4, 0.5) is 22.7 Å². The van der Waals surface area contributed by atoms with Crippen molar-refractivity contribution in [1.82, 2.24) is 0 Å². The smallest absolute Gasteiger partial charge is 0.311 e. The molecule has 4 aromatic rings. The fourth-order valence-corrected chi connectivity index (χ4v) is 3.93. The Hall–Kier alpha value is -5.92. The third kappa shape index (κ3) is 5.96. The number of para-hydroxylation sites is 2. The summed E-state index contributed by atoms with van der Waals surface area (Å²) in [4.78, 5) is 41.1. The summed E-state index contributed by atoms with van der Waals surface area (Å²) in [5.74, 6) is -1.15. The number of nitrogens with zero attached hydrogens (tertiary/aromatic N) is 4. The fraction of sp³-hybridized carbons (Fsp3) is 0.0769. The summed E-state index contributed by atoms with van der Waals surface area (Å²) in [6, 6.07) is 16.9. The number of aryl methyl sites for hydroxylation is 2. The quantitative estimate of drug-likeness (QED) is 0.200. The maximum atomic E-state index is 11.0. The number of hydrogen-bond acceptors (Lipinski definition) is 10. The first-order chi connectivity index (χ1) is 18.8. The van der Waals surface area contributed by atoms with E-state index >= 15 is 0 Å². The predicted molar refractivity (Wildman–Crippen MR) is 143 cm³/mol. The zero-order valence-corrected chi connectivity index (χ0v) is 20.9. The lowest BCUT2D eigenvalue weighted by Gasteiger charge is -2.07. The van der Waals surface area contributed by atoms with Crippen LogP contribution >= 0.6 is 0 Å². The van der Waals surface area contributed by atoms with E-state index in [2.05, 4.69) is 0 Å². The van der Waals surface area contributed by atoms with Gasteiger partial charge >= 0.3 is 11.4 Å². The average Bonchev–Trinajstić information content (AvgIpc) is 2.90. The molecule has 14 heteroatoms. The van der Waals surface area contributed by atoms with Gasteiger partial charge in [-0.3, -0.25) is 40.5 Å². The Morgan fingerprint density at radius 3 is 1.07 bits per heavy atom. The summed E-state index contributed by atoms with van der Waals surface area (Å²) in [5, 5.41) is 63.7. The normalized spacial score (nSPS) is 10.2. The first-order valence-electron chi connectivity index (χ1n) is 11.3.